The highest BCUT2D eigenvalue weighted by Gasteiger charge is 2.11. The number of hydrogen-bond acceptors (Lipinski definition) is 6. The van der Waals surface area contributed by atoms with Gasteiger partial charge in [-0.05, 0) is 30.7 Å². The quantitative estimate of drug-likeness (QED) is 0.572. The van der Waals surface area contributed by atoms with Crippen molar-refractivity contribution in [3.8, 4) is 22.1 Å². The Labute approximate surface area is 162 Å². The summed E-state index contributed by atoms with van der Waals surface area (Å²) in [7, 11) is 3.21. The van der Waals surface area contributed by atoms with E-state index in [9.17, 15) is 4.79 Å². The standard InChI is InChI=1S/C19H22N4O3S/c1-25-16-6-5-14(11-17(16)26-2)19-22-15(13-27-19)12-18(24)20-7-3-9-23-10-4-8-21-23/h4-6,8,10-11,13H,3,7,9,12H2,1-2H3,(H,20,24). The third kappa shape index (κ3) is 5.07. The zero-order chi connectivity index (χ0) is 19.1. The second-order valence-electron chi connectivity index (χ2n) is 5.86. The molecule has 2 aromatic heterocycles. The fourth-order valence-electron chi connectivity index (χ4n) is 2.62. The summed E-state index contributed by atoms with van der Waals surface area (Å²) in [6.07, 6.45) is 4.76. The van der Waals surface area contributed by atoms with Crippen LogP contribution in [0.5, 0.6) is 11.5 Å². The lowest BCUT2D eigenvalue weighted by atomic mass is 10.2. The Kier molecular flexibility index (Phi) is 6.43. The molecule has 8 heteroatoms. The Morgan fingerprint density at radius 3 is 2.85 bits per heavy atom. The highest BCUT2D eigenvalue weighted by molar-refractivity contribution is 7.13. The first-order valence-electron chi connectivity index (χ1n) is 8.60. The van der Waals surface area contributed by atoms with E-state index in [0.717, 1.165) is 29.2 Å². The van der Waals surface area contributed by atoms with Crippen LogP contribution < -0.4 is 14.8 Å². The molecule has 0 bridgehead atoms. The molecular formula is C19H22N4O3S. The van der Waals surface area contributed by atoms with Crippen LogP contribution in [0.3, 0.4) is 0 Å². The Bertz CT molecular complexity index is 877. The number of amides is 1. The molecule has 0 aliphatic carbocycles. The van der Waals surface area contributed by atoms with Crippen molar-refractivity contribution in [2.75, 3.05) is 20.8 Å². The first-order chi connectivity index (χ1) is 13.2. The number of aryl methyl sites for hydroxylation is 1. The monoisotopic (exact) mass is 386 g/mol. The maximum Gasteiger partial charge on any atom is 0.226 e. The van der Waals surface area contributed by atoms with Crippen LogP contribution >= 0.6 is 11.3 Å². The van der Waals surface area contributed by atoms with Crippen molar-refractivity contribution >= 4 is 17.2 Å². The van der Waals surface area contributed by atoms with Crippen molar-refractivity contribution in [3.05, 3.63) is 47.7 Å². The summed E-state index contributed by atoms with van der Waals surface area (Å²) >= 11 is 1.50. The van der Waals surface area contributed by atoms with Gasteiger partial charge in [-0.25, -0.2) is 4.98 Å². The Morgan fingerprint density at radius 2 is 2.11 bits per heavy atom. The van der Waals surface area contributed by atoms with Gasteiger partial charge < -0.3 is 14.8 Å². The van der Waals surface area contributed by atoms with E-state index < -0.39 is 0 Å². The maximum absolute atomic E-state index is 12.1. The highest BCUT2D eigenvalue weighted by Crippen LogP contribution is 2.33. The molecule has 7 nitrogen and oxygen atoms in total. The smallest absolute Gasteiger partial charge is 0.226 e. The molecule has 0 fully saturated rings. The van der Waals surface area contributed by atoms with Crippen molar-refractivity contribution in [3.63, 3.8) is 0 Å². The minimum Gasteiger partial charge on any atom is -0.493 e. The van der Waals surface area contributed by atoms with E-state index in [0.29, 0.717) is 18.0 Å². The predicted octanol–water partition coefficient (Wildman–Crippen LogP) is 2.77. The minimum absolute atomic E-state index is 0.0281. The second kappa shape index (κ2) is 9.18. The molecule has 27 heavy (non-hydrogen) atoms. The third-order valence-electron chi connectivity index (χ3n) is 3.97. The van der Waals surface area contributed by atoms with Crippen molar-refractivity contribution in [2.45, 2.75) is 19.4 Å². The van der Waals surface area contributed by atoms with Crippen LogP contribution in [0.4, 0.5) is 0 Å². The van der Waals surface area contributed by atoms with Crippen LogP contribution in [0.25, 0.3) is 10.6 Å². The molecule has 1 N–H and O–H groups in total. The topological polar surface area (TPSA) is 78.3 Å². The molecule has 0 atom stereocenters. The van der Waals surface area contributed by atoms with Crippen LogP contribution in [0.2, 0.25) is 0 Å². The number of hydrogen-bond donors (Lipinski definition) is 1. The maximum atomic E-state index is 12.1. The highest BCUT2D eigenvalue weighted by atomic mass is 32.1. The molecule has 0 aliphatic rings. The van der Waals surface area contributed by atoms with Gasteiger partial charge in [-0.2, -0.15) is 5.10 Å². The zero-order valence-electron chi connectivity index (χ0n) is 15.3. The van der Waals surface area contributed by atoms with E-state index in [1.807, 2.05) is 40.5 Å². The van der Waals surface area contributed by atoms with Gasteiger partial charge in [-0.15, -0.1) is 11.3 Å². The van der Waals surface area contributed by atoms with Gasteiger partial charge >= 0.3 is 0 Å². The van der Waals surface area contributed by atoms with E-state index in [4.69, 9.17) is 9.47 Å². The first-order valence-corrected chi connectivity index (χ1v) is 9.48. The normalized spacial score (nSPS) is 10.6. The SMILES string of the molecule is COc1ccc(-c2nc(CC(=O)NCCCn3cccn3)cs2)cc1OC. The van der Waals surface area contributed by atoms with E-state index >= 15 is 0 Å². The third-order valence-corrected chi connectivity index (χ3v) is 4.91. The van der Waals surface area contributed by atoms with Gasteiger partial charge in [0.25, 0.3) is 0 Å². The second-order valence-corrected chi connectivity index (χ2v) is 6.72. The lowest BCUT2D eigenvalue weighted by Gasteiger charge is -2.08. The molecule has 0 saturated heterocycles. The molecule has 142 valence electrons. The molecule has 3 rings (SSSR count). The molecular weight excluding hydrogens is 364 g/mol. The molecule has 1 amide bonds. The Hall–Kier alpha value is -2.87. The molecule has 0 spiro atoms. The number of benzene rings is 1. The molecule has 0 radical (unpaired) electrons. The van der Waals surface area contributed by atoms with Crippen LogP contribution in [0, 0.1) is 0 Å². The van der Waals surface area contributed by atoms with Gasteiger partial charge in [0.1, 0.15) is 5.01 Å². The molecule has 1 aromatic carbocycles. The number of aromatic nitrogens is 3. The van der Waals surface area contributed by atoms with Crippen molar-refractivity contribution < 1.29 is 14.3 Å². The van der Waals surface area contributed by atoms with Gasteiger partial charge in [0.05, 0.1) is 26.3 Å². The Balaban J connectivity index is 1.52. The summed E-state index contributed by atoms with van der Waals surface area (Å²) in [4.78, 5) is 16.7. The molecule has 0 unspecified atom stereocenters. The summed E-state index contributed by atoms with van der Waals surface area (Å²) in [5.74, 6) is 1.30. The van der Waals surface area contributed by atoms with E-state index in [1.54, 1.807) is 20.4 Å². The average Bonchev–Trinajstić information content (AvgIpc) is 3.36. The summed E-state index contributed by atoms with van der Waals surface area (Å²) < 4.78 is 12.4. The Morgan fingerprint density at radius 1 is 1.26 bits per heavy atom. The van der Waals surface area contributed by atoms with E-state index in [1.165, 1.54) is 11.3 Å². The number of nitrogens with one attached hydrogen (secondary N) is 1. The first kappa shape index (κ1) is 18.9. The van der Waals surface area contributed by atoms with Crippen LogP contribution in [0.15, 0.2) is 42.0 Å². The van der Waals surface area contributed by atoms with Gasteiger partial charge in [0, 0.05) is 36.4 Å². The van der Waals surface area contributed by atoms with Crippen molar-refractivity contribution in [1.29, 1.82) is 0 Å². The van der Waals surface area contributed by atoms with Gasteiger partial charge in [-0.1, -0.05) is 0 Å². The number of ether oxygens (including phenoxy) is 2. The lowest BCUT2D eigenvalue weighted by molar-refractivity contribution is -0.120. The fourth-order valence-corrected chi connectivity index (χ4v) is 3.44. The largest absolute Gasteiger partial charge is 0.493 e. The number of carbonyl (C=O) groups is 1. The van der Waals surface area contributed by atoms with Gasteiger partial charge in [-0.3, -0.25) is 9.48 Å². The average molecular weight is 386 g/mol. The number of rotatable bonds is 9. The van der Waals surface area contributed by atoms with Crippen molar-refractivity contribution in [2.24, 2.45) is 0 Å². The zero-order valence-corrected chi connectivity index (χ0v) is 16.2. The molecule has 2 heterocycles. The number of thiazole rings is 1. The van der Waals surface area contributed by atoms with E-state index in [2.05, 4.69) is 15.4 Å². The number of methoxy groups -OCH3 is 2. The summed E-state index contributed by atoms with van der Waals surface area (Å²) in [6, 6.07) is 7.55. The minimum atomic E-state index is -0.0281. The summed E-state index contributed by atoms with van der Waals surface area (Å²) in [5.41, 5.74) is 1.69. The lowest BCUT2D eigenvalue weighted by Crippen LogP contribution is -2.27. The predicted molar refractivity (Wildman–Crippen MR) is 104 cm³/mol. The fraction of sp³-hybridized carbons (Fsp3) is 0.316. The van der Waals surface area contributed by atoms with Gasteiger partial charge in [0.2, 0.25) is 5.91 Å². The molecule has 0 aliphatic heterocycles. The van der Waals surface area contributed by atoms with Crippen LogP contribution in [-0.4, -0.2) is 41.4 Å². The molecule has 0 saturated carbocycles. The van der Waals surface area contributed by atoms with Crippen LogP contribution in [-0.2, 0) is 17.8 Å². The molecule has 3 aromatic rings. The summed E-state index contributed by atoms with van der Waals surface area (Å²) in [5, 5.41) is 9.81. The van der Waals surface area contributed by atoms with Gasteiger partial charge in [0.15, 0.2) is 11.5 Å². The van der Waals surface area contributed by atoms with Crippen LogP contribution in [0.1, 0.15) is 12.1 Å². The van der Waals surface area contributed by atoms with Crippen molar-refractivity contribution in [1.82, 2.24) is 20.1 Å². The number of nitrogens with zero attached hydrogens (tertiary/aromatic N) is 3. The van der Waals surface area contributed by atoms with E-state index in [-0.39, 0.29) is 12.3 Å². The summed E-state index contributed by atoms with van der Waals surface area (Å²) in [6.45, 7) is 1.40. The number of carbonyl (C=O) groups excluding carboxylic acids is 1.